The number of aromatic carboxylic acids is 1. The quantitative estimate of drug-likeness (QED) is 0.749. The summed E-state index contributed by atoms with van der Waals surface area (Å²) in [6.07, 6.45) is 2.35. The normalized spacial score (nSPS) is 21.0. The van der Waals surface area contributed by atoms with Crippen LogP contribution in [0.15, 0.2) is 24.3 Å². The van der Waals surface area contributed by atoms with Gasteiger partial charge in [-0.05, 0) is 37.1 Å². The minimum absolute atomic E-state index is 0.353. The van der Waals surface area contributed by atoms with E-state index < -0.39 is 5.97 Å². The summed E-state index contributed by atoms with van der Waals surface area (Å²) < 4.78 is 0. The highest BCUT2D eigenvalue weighted by Gasteiger charge is 2.15. The summed E-state index contributed by atoms with van der Waals surface area (Å²) in [6, 6.07) is 7.53. The van der Waals surface area contributed by atoms with Gasteiger partial charge in [-0.15, -0.1) is 0 Å². The van der Waals surface area contributed by atoms with Crippen molar-refractivity contribution in [1.82, 2.24) is 5.32 Å². The summed E-state index contributed by atoms with van der Waals surface area (Å²) in [5, 5.41) is 12.1. The predicted molar refractivity (Wildman–Crippen MR) is 53.4 cm³/mol. The van der Waals surface area contributed by atoms with Crippen LogP contribution in [0.5, 0.6) is 0 Å². The molecule has 1 aliphatic rings. The van der Waals surface area contributed by atoms with E-state index in [1.54, 1.807) is 12.1 Å². The molecule has 2 rings (SSSR count). The van der Waals surface area contributed by atoms with E-state index in [1.165, 1.54) is 12.0 Å². The van der Waals surface area contributed by atoms with E-state index >= 15 is 0 Å². The highest BCUT2D eigenvalue weighted by molar-refractivity contribution is 5.87. The van der Waals surface area contributed by atoms with Gasteiger partial charge in [-0.25, -0.2) is 4.79 Å². The number of carboxylic acid groups (broad SMARTS) is 1. The summed E-state index contributed by atoms with van der Waals surface area (Å²) >= 11 is 0. The van der Waals surface area contributed by atoms with Crippen LogP contribution in [0, 0.1) is 0 Å². The molecular weight excluding hydrogens is 178 g/mol. The first-order chi connectivity index (χ1) is 6.77. The largest absolute Gasteiger partial charge is 0.478 e. The number of carboxylic acids is 1. The van der Waals surface area contributed by atoms with Gasteiger partial charge in [-0.3, -0.25) is 0 Å². The second kappa shape index (κ2) is 3.80. The third-order valence-corrected chi connectivity index (χ3v) is 2.62. The minimum Gasteiger partial charge on any atom is -0.478 e. The molecule has 3 nitrogen and oxygen atoms in total. The van der Waals surface area contributed by atoms with Gasteiger partial charge in [0, 0.05) is 6.04 Å². The molecule has 1 aromatic carbocycles. The molecule has 0 aromatic heterocycles. The Hall–Kier alpha value is -1.35. The standard InChI is InChI=1S/C11H13NO2/c13-11(14)9-5-3-8(4-6-9)10-2-1-7-12-10/h3-6,10,12H,1-2,7H2,(H,13,14)/t10-/m1/s1. The van der Waals surface area contributed by atoms with Crippen molar-refractivity contribution in [3.8, 4) is 0 Å². The molecule has 0 radical (unpaired) electrons. The average molecular weight is 191 g/mol. The van der Waals surface area contributed by atoms with Crippen molar-refractivity contribution >= 4 is 5.97 Å². The van der Waals surface area contributed by atoms with Crippen molar-refractivity contribution in [3.63, 3.8) is 0 Å². The van der Waals surface area contributed by atoms with Crippen LogP contribution in [0.4, 0.5) is 0 Å². The maximum absolute atomic E-state index is 10.6. The zero-order valence-electron chi connectivity index (χ0n) is 7.86. The van der Waals surface area contributed by atoms with E-state index in [0.717, 1.165) is 13.0 Å². The average Bonchev–Trinajstić information content (AvgIpc) is 2.71. The third-order valence-electron chi connectivity index (χ3n) is 2.62. The second-order valence-corrected chi connectivity index (χ2v) is 3.58. The Morgan fingerprint density at radius 1 is 1.36 bits per heavy atom. The molecule has 1 saturated heterocycles. The first-order valence-corrected chi connectivity index (χ1v) is 4.84. The molecule has 14 heavy (non-hydrogen) atoms. The Labute approximate surface area is 82.8 Å². The molecule has 1 atom stereocenters. The molecule has 1 aliphatic heterocycles. The zero-order chi connectivity index (χ0) is 9.97. The van der Waals surface area contributed by atoms with Crippen molar-refractivity contribution in [2.45, 2.75) is 18.9 Å². The van der Waals surface area contributed by atoms with Crippen LogP contribution in [0.2, 0.25) is 0 Å². The lowest BCUT2D eigenvalue weighted by Crippen LogP contribution is -2.12. The summed E-state index contributed by atoms with van der Waals surface area (Å²) in [6.45, 7) is 1.06. The van der Waals surface area contributed by atoms with Gasteiger partial charge in [0.05, 0.1) is 5.56 Å². The van der Waals surface area contributed by atoms with Crippen LogP contribution in [-0.4, -0.2) is 17.6 Å². The molecule has 1 fully saturated rings. The van der Waals surface area contributed by atoms with Crippen molar-refractivity contribution in [3.05, 3.63) is 35.4 Å². The molecule has 0 aliphatic carbocycles. The van der Waals surface area contributed by atoms with Crippen LogP contribution in [0.1, 0.15) is 34.8 Å². The molecule has 2 N–H and O–H groups in total. The first kappa shape index (κ1) is 9.21. The fourth-order valence-corrected chi connectivity index (χ4v) is 1.83. The number of carbonyl (C=O) groups is 1. The highest BCUT2D eigenvalue weighted by Crippen LogP contribution is 2.22. The van der Waals surface area contributed by atoms with E-state index in [9.17, 15) is 4.79 Å². The molecule has 0 spiro atoms. The van der Waals surface area contributed by atoms with E-state index in [-0.39, 0.29) is 0 Å². The third kappa shape index (κ3) is 1.77. The van der Waals surface area contributed by atoms with Gasteiger partial charge in [-0.2, -0.15) is 0 Å². The Balaban J connectivity index is 2.16. The minimum atomic E-state index is -0.865. The molecule has 3 heteroatoms. The maximum atomic E-state index is 10.6. The van der Waals surface area contributed by atoms with Crippen LogP contribution in [0.25, 0.3) is 0 Å². The first-order valence-electron chi connectivity index (χ1n) is 4.84. The van der Waals surface area contributed by atoms with E-state index in [1.807, 2.05) is 12.1 Å². The van der Waals surface area contributed by atoms with E-state index in [2.05, 4.69) is 5.32 Å². The molecule has 0 amide bonds. The van der Waals surface area contributed by atoms with Gasteiger partial charge in [0.25, 0.3) is 0 Å². The molecule has 0 saturated carbocycles. The number of hydrogen-bond donors (Lipinski definition) is 2. The van der Waals surface area contributed by atoms with E-state index in [4.69, 9.17) is 5.11 Å². The summed E-state index contributed by atoms with van der Waals surface area (Å²) in [7, 11) is 0. The molecule has 0 unspecified atom stereocenters. The van der Waals surface area contributed by atoms with Crippen LogP contribution in [0.3, 0.4) is 0 Å². The number of nitrogens with one attached hydrogen (secondary N) is 1. The lowest BCUT2D eigenvalue weighted by Gasteiger charge is -2.10. The maximum Gasteiger partial charge on any atom is 0.335 e. The van der Waals surface area contributed by atoms with Gasteiger partial charge >= 0.3 is 5.97 Å². The van der Waals surface area contributed by atoms with Crippen LogP contribution in [-0.2, 0) is 0 Å². The highest BCUT2D eigenvalue weighted by atomic mass is 16.4. The monoisotopic (exact) mass is 191 g/mol. The van der Waals surface area contributed by atoms with Crippen molar-refractivity contribution in [1.29, 1.82) is 0 Å². The Morgan fingerprint density at radius 3 is 2.57 bits per heavy atom. The second-order valence-electron chi connectivity index (χ2n) is 3.58. The lowest BCUT2D eigenvalue weighted by molar-refractivity contribution is 0.0697. The predicted octanol–water partition coefficient (Wildman–Crippen LogP) is 1.81. The molecule has 74 valence electrons. The number of benzene rings is 1. The molecule has 1 aromatic rings. The summed E-state index contributed by atoms with van der Waals surface area (Å²) in [4.78, 5) is 10.6. The van der Waals surface area contributed by atoms with Crippen molar-refractivity contribution in [2.24, 2.45) is 0 Å². The van der Waals surface area contributed by atoms with Gasteiger partial charge in [0.2, 0.25) is 0 Å². The topological polar surface area (TPSA) is 49.3 Å². The van der Waals surface area contributed by atoms with Gasteiger partial charge in [-0.1, -0.05) is 12.1 Å². The fraction of sp³-hybridized carbons (Fsp3) is 0.364. The van der Waals surface area contributed by atoms with Crippen LogP contribution < -0.4 is 5.32 Å². The number of rotatable bonds is 2. The van der Waals surface area contributed by atoms with Gasteiger partial charge < -0.3 is 10.4 Å². The fourth-order valence-electron chi connectivity index (χ4n) is 1.83. The Bertz CT molecular complexity index is 326. The zero-order valence-corrected chi connectivity index (χ0v) is 7.86. The SMILES string of the molecule is O=C(O)c1ccc([C@H]2CCCN2)cc1. The van der Waals surface area contributed by atoms with Gasteiger partial charge in [0.1, 0.15) is 0 Å². The summed E-state index contributed by atoms with van der Waals surface area (Å²) in [5.74, 6) is -0.865. The van der Waals surface area contributed by atoms with Gasteiger partial charge in [0.15, 0.2) is 0 Å². The molecule has 1 heterocycles. The van der Waals surface area contributed by atoms with Crippen molar-refractivity contribution in [2.75, 3.05) is 6.54 Å². The molecular formula is C11H13NO2. The van der Waals surface area contributed by atoms with Crippen LogP contribution >= 0.6 is 0 Å². The van der Waals surface area contributed by atoms with Crippen molar-refractivity contribution < 1.29 is 9.90 Å². The smallest absolute Gasteiger partial charge is 0.335 e. The Kier molecular flexibility index (Phi) is 2.50. The number of hydrogen-bond acceptors (Lipinski definition) is 2. The Morgan fingerprint density at radius 2 is 2.07 bits per heavy atom. The molecule has 0 bridgehead atoms. The van der Waals surface area contributed by atoms with E-state index in [0.29, 0.717) is 11.6 Å². The lowest BCUT2D eigenvalue weighted by atomic mass is 10.0. The summed E-state index contributed by atoms with van der Waals surface area (Å²) in [5.41, 5.74) is 1.54.